The summed E-state index contributed by atoms with van der Waals surface area (Å²) in [6.45, 7) is 2.60. The van der Waals surface area contributed by atoms with Crippen molar-refractivity contribution in [2.75, 3.05) is 0 Å². The number of aromatic carboxylic acids is 2. The molecule has 10 heteroatoms. The van der Waals surface area contributed by atoms with Crippen LogP contribution in [0, 0.1) is 13.8 Å². The number of halogens is 6. The predicted molar refractivity (Wildman–Crippen MR) is 89.2 cm³/mol. The molecule has 2 rings (SSSR count). The molecule has 4 nitrogen and oxygen atoms in total. The van der Waals surface area contributed by atoms with Gasteiger partial charge in [-0.3, -0.25) is 0 Å². The molecule has 0 aliphatic heterocycles. The number of alkyl halides is 6. The van der Waals surface area contributed by atoms with Crippen LogP contribution in [0.15, 0.2) is 36.4 Å². The molecule has 0 bridgehead atoms. The molecule has 0 saturated heterocycles. The third-order valence-electron chi connectivity index (χ3n) is 4.47. The maximum absolute atomic E-state index is 14.2. The predicted octanol–water partition coefficient (Wildman–Crippen LogP) is 5.11. The van der Waals surface area contributed by atoms with Gasteiger partial charge in [0, 0.05) is 0 Å². The van der Waals surface area contributed by atoms with Gasteiger partial charge in [-0.2, -0.15) is 26.3 Å². The van der Waals surface area contributed by atoms with Crippen LogP contribution in [0.25, 0.3) is 0 Å². The second-order valence-corrected chi connectivity index (χ2v) is 6.45. The highest BCUT2D eigenvalue weighted by atomic mass is 19.4. The van der Waals surface area contributed by atoms with Crippen LogP contribution in [0.3, 0.4) is 0 Å². The van der Waals surface area contributed by atoms with Crippen molar-refractivity contribution in [3.05, 3.63) is 69.8 Å². The Morgan fingerprint density at radius 2 is 1.00 bits per heavy atom. The fourth-order valence-corrected chi connectivity index (χ4v) is 3.24. The van der Waals surface area contributed by atoms with Gasteiger partial charge in [0.1, 0.15) is 0 Å². The minimum absolute atomic E-state index is 0.117. The van der Waals surface area contributed by atoms with E-state index in [1.165, 1.54) is 13.8 Å². The highest BCUT2D eigenvalue weighted by Crippen LogP contribution is 2.57. The second kappa shape index (κ2) is 7.09. The lowest BCUT2D eigenvalue weighted by Gasteiger charge is -2.39. The quantitative estimate of drug-likeness (QED) is 0.674. The van der Waals surface area contributed by atoms with Gasteiger partial charge in [-0.15, -0.1) is 0 Å². The zero-order chi connectivity index (χ0) is 22.4. The third-order valence-corrected chi connectivity index (χ3v) is 4.47. The summed E-state index contributed by atoms with van der Waals surface area (Å²) in [7, 11) is 0. The molecule has 0 amide bonds. The summed E-state index contributed by atoms with van der Waals surface area (Å²) in [6.07, 6.45) is -12.2. The molecular weight excluding hydrogens is 406 g/mol. The van der Waals surface area contributed by atoms with Crippen LogP contribution in [0.4, 0.5) is 26.3 Å². The summed E-state index contributed by atoms with van der Waals surface area (Å²) in [5, 5.41) is 18.6. The van der Waals surface area contributed by atoms with E-state index in [1.807, 2.05) is 0 Å². The molecule has 0 atom stereocenters. The molecule has 0 fully saturated rings. The van der Waals surface area contributed by atoms with Crippen LogP contribution in [0.5, 0.6) is 0 Å². The lowest BCUT2D eigenvalue weighted by atomic mass is 9.69. The maximum atomic E-state index is 14.2. The van der Waals surface area contributed by atoms with Gasteiger partial charge in [-0.05, 0) is 37.1 Å². The van der Waals surface area contributed by atoms with E-state index in [9.17, 15) is 46.1 Å². The highest BCUT2D eigenvalue weighted by Gasteiger charge is 2.74. The molecule has 0 unspecified atom stereocenters. The molecule has 0 radical (unpaired) electrons. The van der Waals surface area contributed by atoms with Gasteiger partial charge < -0.3 is 10.2 Å². The van der Waals surface area contributed by atoms with E-state index in [0.717, 1.165) is 12.1 Å². The average Bonchev–Trinajstić information content (AvgIpc) is 2.54. The highest BCUT2D eigenvalue weighted by molar-refractivity contribution is 5.93. The molecule has 29 heavy (non-hydrogen) atoms. The smallest absolute Gasteiger partial charge is 0.411 e. The van der Waals surface area contributed by atoms with Crippen molar-refractivity contribution < 1.29 is 46.1 Å². The number of benzene rings is 2. The van der Waals surface area contributed by atoms with Gasteiger partial charge in [0.05, 0.1) is 11.1 Å². The summed E-state index contributed by atoms with van der Waals surface area (Å²) in [4.78, 5) is 23.1. The first kappa shape index (κ1) is 22.3. The van der Waals surface area contributed by atoms with Crippen LogP contribution in [-0.2, 0) is 5.41 Å². The fraction of sp³-hybridized carbons (Fsp3) is 0.263. The van der Waals surface area contributed by atoms with Gasteiger partial charge in [0.25, 0.3) is 0 Å². The Bertz CT molecular complexity index is 896. The number of hydrogen-bond donors (Lipinski definition) is 2. The second-order valence-electron chi connectivity index (χ2n) is 6.45. The van der Waals surface area contributed by atoms with Gasteiger partial charge in [0.15, 0.2) is 0 Å². The first-order chi connectivity index (χ1) is 13.1. The van der Waals surface area contributed by atoms with Gasteiger partial charge in [0.2, 0.25) is 5.41 Å². The third kappa shape index (κ3) is 3.54. The number of carboxylic acids is 2. The van der Waals surface area contributed by atoms with E-state index in [4.69, 9.17) is 0 Å². The SMILES string of the molecule is Cc1ccc(C(c2ccc(C)cc2C(=O)O)(C(F)(F)F)C(F)(F)F)c(C(=O)O)c1. The normalized spacial score (nSPS) is 12.7. The Kier molecular flexibility index (Phi) is 5.44. The van der Waals surface area contributed by atoms with Crippen LogP contribution in [0.2, 0.25) is 0 Å². The molecule has 2 aromatic rings. The van der Waals surface area contributed by atoms with Crippen molar-refractivity contribution >= 4 is 11.9 Å². The fourth-order valence-electron chi connectivity index (χ4n) is 3.24. The van der Waals surface area contributed by atoms with E-state index in [1.54, 1.807) is 0 Å². The number of rotatable bonds is 4. The van der Waals surface area contributed by atoms with E-state index in [2.05, 4.69) is 0 Å². The minimum atomic E-state index is -6.11. The Morgan fingerprint density at radius 1 is 0.690 bits per heavy atom. The number of hydrogen-bond acceptors (Lipinski definition) is 2. The van der Waals surface area contributed by atoms with Crippen molar-refractivity contribution in [3.8, 4) is 0 Å². The molecule has 156 valence electrons. The molecule has 0 aromatic heterocycles. The number of carbonyl (C=O) groups is 2. The van der Waals surface area contributed by atoms with Gasteiger partial charge in [-0.25, -0.2) is 9.59 Å². The Labute approximate surface area is 160 Å². The maximum Gasteiger partial charge on any atom is 0.411 e. The molecule has 0 spiro atoms. The molecule has 0 saturated carbocycles. The molecular formula is C19H14F6O4. The molecule has 0 aliphatic carbocycles. The largest absolute Gasteiger partial charge is 0.478 e. The minimum Gasteiger partial charge on any atom is -0.478 e. The van der Waals surface area contributed by atoms with Gasteiger partial charge >= 0.3 is 24.3 Å². The van der Waals surface area contributed by atoms with Crippen LogP contribution in [0.1, 0.15) is 43.0 Å². The zero-order valence-electron chi connectivity index (χ0n) is 14.9. The lowest BCUT2D eigenvalue weighted by molar-refractivity contribution is -0.288. The molecule has 0 heterocycles. The summed E-state index contributed by atoms with van der Waals surface area (Å²) in [5.41, 5.74) is -10.3. The Balaban J connectivity index is 3.19. The summed E-state index contributed by atoms with van der Waals surface area (Å²) in [5.74, 6) is -4.02. The summed E-state index contributed by atoms with van der Waals surface area (Å²) in [6, 6.07) is 4.01. The van der Waals surface area contributed by atoms with E-state index in [0.29, 0.717) is 24.3 Å². The van der Waals surface area contributed by atoms with Crippen molar-refractivity contribution in [3.63, 3.8) is 0 Å². The summed E-state index contributed by atoms with van der Waals surface area (Å²) < 4.78 is 85.3. The van der Waals surface area contributed by atoms with E-state index in [-0.39, 0.29) is 11.1 Å². The number of carboxylic acid groups (broad SMARTS) is 2. The first-order valence-electron chi connectivity index (χ1n) is 7.97. The van der Waals surface area contributed by atoms with Crippen LogP contribution < -0.4 is 0 Å². The van der Waals surface area contributed by atoms with E-state index >= 15 is 0 Å². The molecule has 2 N–H and O–H groups in total. The zero-order valence-corrected chi connectivity index (χ0v) is 14.9. The topological polar surface area (TPSA) is 74.6 Å². The van der Waals surface area contributed by atoms with Crippen molar-refractivity contribution in [2.24, 2.45) is 0 Å². The Hall–Kier alpha value is -3.04. The molecule has 2 aromatic carbocycles. The summed E-state index contributed by atoms with van der Waals surface area (Å²) >= 11 is 0. The average molecular weight is 420 g/mol. The van der Waals surface area contributed by atoms with E-state index < -0.39 is 52.0 Å². The van der Waals surface area contributed by atoms with Crippen molar-refractivity contribution in [1.82, 2.24) is 0 Å². The molecule has 0 aliphatic rings. The standard InChI is InChI=1S/C19H14F6O4/c1-9-3-5-13(11(7-9)15(26)27)17(18(20,21)22,19(23,24)25)14-6-4-10(2)8-12(14)16(28)29/h3-8H,1-2H3,(H,26,27)(H,28,29). The number of aryl methyl sites for hydroxylation is 2. The lowest BCUT2D eigenvalue weighted by Crippen LogP contribution is -2.56. The van der Waals surface area contributed by atoms with Crippen molar-refractivity contribution in [1.29, 1.82) is 0 Å². The first-order valence-corrected chi connectivity index (χ1v) is 7.97. The van der Waals surface area contributed by atoms with Crippen LogP contribution in [-0.4, -0.2) is 34.5 Å². The van der Waals surface area contributed by atoms with Gasteiger partial charge in [-0.1, -0.05) is 35.4 Å². The Morgan fingerprint density at radius 3 is 1.24 bits per heavy atom. The van der Waals surface area contributed by atoms with Crippen molar-refractivity contribution in [2.45, 2.75) is 31.6 Å². The monoisotopic (exact) mass is 420 g/mol. The van der Waals surface area contributed by atoms with Crippen LogP contribution >= 0.6 is 0 Å².